The molecule has 18 heavy (non-hydrogen) atoms. The summed E-state index contributed by atoms with van der Waals surface area (Å²) in [6.07, 6.45) is 3.62. The molecule has 96 valence electrons. The minimum atomic E-state index is 0.490. The molecule has 2 heterocycles. The van der Waals surface area contributed by atoms with Gasteiger partial charge in [0.25, 0.3) is 0 Å². The molecule has 0 saturated carbocycles. The lowest BCUT2D eigenvalue weighted by molar-refractivity contribution is 0.128. The SMILES string of the molecule is CCOCc1nc(NC)c2c3c(sc2n1)CCC3. The smallest absolute Gasteiger partial charge is 0.158 e. The number of ether oxygens (including phenoxy) is 1. The molecule has 1 aliphatic rings. The van der Waals surface area contributed by atoms with Gasteiger partial charge in [-0.2, -0.15) is 0 Å². The van der Waals surface area contributed by atoms with Crippen LogP contribution < -0.4 is 5.32 Å². The van der Waals surface area contributed by atoms with E-state index in [-0.39, 0.29) is 0 Å². The summed E-state index contributed by atoms with van der Waals surface area (Å²) >= 11 is 1.82. The van der Waals surface area contributed by atoms with Crippen molar-refractivity contribution in [2.24, 2.45) is 0 Å². The Kier molecular flexibility index (Phi) is 3.18. The van der Waals surface area contributed by atoms with Gasteiger partial charge < -0.3 is 10.1 Å². The van der Waals surface area contributed by atoms with Gasteiger partial charge in [-0.15, -0.1) is 11.3 Å². The minimum absolute atomic E-state index is 0.490. The average molecular weight is 263 g/mol. The zero-order chi connectivity index (χ0) is 12.5. The van der Waals surface area contributed by atoms with Crippen LogP contribution in [0.15, 0.2) is 0 Å². The van der Waals surface area contributed by atoms with E-state index < -0.39 is 0 Å². The van der Waals surface area contributed by atoms with Crippen LogP contribution in [-0.2, 0) is 24.2 Å². The van der Waals surface area contributed by atoms with Gasteiger partial charge in [0, 0.05) is 18.5 Å². The van der Waals surface area contributed by atoms with Gasteiger partial charge >= 0.3 is 0 Å². The van der Waals surface area contributed by atoms with Crippen LogP contribution in [0.5, 0.6) is 0 Å². The number of nitrogens with zero attached hydrogens (tertiary/aromatic N) is 2. The Balaban J connectivity index is 2.11. The van der Waals surface area contributed by atoms with Crippen LogP contribution in [0.3, 0.4) is 0 Å². The first-order valence-electron chi connectivity index (χ1n) is 6.40. The molecular weight excluding hydrogens is 246 g/mol. The Morgan fingerprint density at radius 2 is 2.22 bits per heavy atom. The summed E-state index contributed by atoms with van der Waals surface area (Å²) in [7, 11) is 1.92. The van der Waals surface area contributed by atoms with Crippen molar-refractivity contribution in [1.82, 2.24) is 9.97 Å². The third-order valence-corrected chi connectivity index (χ3v) is 4.47. The molecule has 5 heteroatoms. The summed E-state index contributed by atoms with van der Waals surface area (Å²) in [6.45, 7) is 3.16. The van der Waals surface area contributed by atoms with Gasteiger partial charge in [0.15, 0.2) is 5.82 Å². The summed E-state index contributed by atoms with van der Waals surface area (Å²) in [4.78, 5) is 11.8. The molecule has 0 spiro atoms. The lowest BCUT2D eigenvalue weighted by Gasteiger charge is -2.06. The van der Waals surface area contributed by atoms with Gasteiger partial charge in [0.05, 0.1) is 5.39 Å². The van der Waals surface area contributed by atoms with Crippen molar-refractivity contribution >= 4 is 27.4 Å². The standard InChI is InChI=1S/C13H17N3OS/c1-3-17-7-10-15-12(14-2)11-8-5-4-6-9(8)18-13(11)16-10/h3-7H2,1-2H3,(H,14,15,16). The lowest BCUT2D eigenvalue weighted by atomic mass is 10.2. The Morgan fingerprint density at radius 1 is 1.33 bits per heavy atom. The zero-order valence-electron chi connectivity index (χ0n) is 10.7. The maximum Gasteiger partial charge on any atom is 0.158 e. The predicted octanol–water partition coefficient (Wildman–Crippen LogP) is 2.76. The molecule has 3 rings (SSSR count). The number of aryl methyl sites for hydroxylation is 2. The molecule has 0 aliphatic heterocycles. The molecular formula is C13H17N3OS. The summed E-state index contributed by atoms with van der Waals surface area (Å²) in [6, 6.07) is 0. The maximum atomic E-state index is 5.40. The molecule has 0 saturated heterocycles. The van der Waals surface area contributed by atoms with Crippen molar-refractivity contribution < 1.29 is 4.74 Å². The number of hydrogen-bond donors (Lipinski definition) is 1. The Hall–Kier alpha value is -1.20. The van der Waals surface area contributed by atoms with Crippen LogP contribution in [0, 0.1) is 0 Å². The van der Waals surface area contributed by atoms with E-state index in [0.29, 0.717) is 13.2 Å². The highest BCUT2D eigenvalue weighted by Gasteiger charge is 2.21. The molecule has 0 aromatic carbocycles. The van der Waals surface area contributed by atoms with E-state index in [4.69, 9.17) is 4.74 Å². The first-order chi connectivity index (χ1) is 8.83. The van der Waals surface area contributed by atoms with E-state index in [1.165, 1.54) is 28.7 Å². The Bertz CT molecular complexity index is 579. The highest BCUT2D eigenvalue weighted by atomic mass is 32.1. The van der Waals surface area contributed by atoms with Crippen molar-refractivity contribution in [3.05, 3.63) is 16.3 Å². The second kappa shape index (κ2) is 4.82. The van der Waals surface area contributed by atoms with Crippen LogP contribution in [0.25, 0.3) is 10.2 Å². The Morgan fingerprint density at radius 3 is 3.00 bits per heavy atom. The molecule has 2 aromatic heterocycles. The van der Waals surface area contributed by atoms with Crippen LogP contribution in [0.2, 0.25) is 0 Å². The van der Waals surface area contributed by atoms with Crippen LogP contribution in [-0.4, -0.2) is 23.6 Å². The fourth-order valence-corrected chi connectivity index (χ4v) is 3.76. The fourth-order valence-electron chi connectivity index (χ4n) is 2.48. The van der Waals surface area contributed by atoms with Gasteiger partial charge in [0.2, 0.25) is 0 Å². The molecule has 0 amide bonds. The van der Waals surface area contributed by atoms with Crippen molar-refractivity contribution in [2.75, 3.05) is 19.0 Å². The molecule has 4 nitrogen and oxygen atoms in total. The van der Waals surface area contributed by atoms with Gasteiger partial charge in [0.1, 0.15) is 17.3 Å². The molecule has 0 radical (unpaired) electrons. The summed E-state index contributed by atoms with van der Waals surface area (Å²) < 4.78 is 5.40. The number of thiophene rings is 1. The summed E-state index contributed by atoms with van der Waals surface area (Å²) in [5.41, 5.74) is 1.46. The van der Waals surface area contributed by atoms with E-state index >= 15 is 0 Å². The third-order valence-electron chi connectivity index (χ3n) is 3.28. The molecule has 0 fully saturated rings. The monoisotopic (exact) mass is 263 g/mol. The molecule has 0 unspecified atom stereocenters. The summed E-state index contributed by atoms with van der Waals surface area (Å²) in [5.74, 6) is 1.72. The van der Waals surface area contributed by atoms with Crippen LogP contribution >= 0.6 is 11.3 Å². The van der Waals surface area contributed by atoms with Gasteiger partial charge in [-0.25, -0.2) is 9.97 Å². The molecule has 1 N–H and O–H groups in total. The maximum absolute atomic E-state index is 5.40. The van der Waals surface area contributed by atoms with Crippen molar-refractivity contribution in [2.45, 2.75) is 32.8 Å². The zero-order valence-corrected chi connectivity index (χ0v) is 11.6. The largest absolute Gasteiger partial charge is 0.374 e. The van der Waals surface area contributed by atoms with Crippen molar-refractivity contribution in [1.29, 1.82) is 0 Å². The lowest BCUT2D eigenvalue weighted by Crippen LogP contribution is -2.03. The number of hydrogen-bond acceptors (Lipinski definition) is 5. The highest BCUT2D eigenvalue weighted by molar-refractivity contribution is 7.19. The van der Waals surface area contributed by atoms with Gasteiger partial charge in [-0.05, 0) is 31.7 Å². The van der Waals surface area contributed by atoms with E-state index in [0.717, 1.165) is 22.9 Å². The third kappa shape index (κ3) is 1.87. The van der Waals surface area contributed by atoms with E-state index in [2.05, 4.69) is 15.3 Å². The van der Waals surface area contributed by atoms with E-state index in [1.54, 1.807) is 0 Å². The predicted molar refractivity (Wildman–Crippen MR) is 74.3 cm³/mol. The molecule has 0 atom stereocenters. The first kappa shape index (κ1) is 11.9. The molecule has 2 aromatic rings. The average Bonchev–Trinajstić information content (AvgIpc) is 2.95. The number of anilines is 1. The second-order valence-electron chi connectivity index (χ2n) is 4.41. The van der Waals surface area contributed by atoms with Crippen LogP contribution in [0.4, 0.5) is 5.82 Å². The normalized spacial score (nSPS) is 14.1. The van der Waals surface area contributed by atoms with E-state index in [1.807, 2.05) is 25.3 Å². The topological polar surface area (TPSA) is 47.0 Å². The molecule has 1 aliphatic carbocycles. The number of aromatic nitrogens is 2. The minimum Gasteiger partial charge on any atom is -0.374 e. The Labute approximate surface area is 110 Å². The van der Waals surface area contributed by atoms with Crippen molar-refractivity contribution in [3.8, 4) is 0 Å². The van der Waals surface area contributed by atoms with E-state index in [9.17, 15) is 0 Å². The quantitative estimate of drug-likeness (QED) is 0.921. The van der Waals surface area contributed by atoms with Gasteiger partial charge in [-0.1, -0.05) is 0 Å². The fraction of sp³-hybridized carbons (Fsp3) is 0.538. The summed E-state index contributed by atoms with van der Waals surface area (Å²) in [5, 5.41) is 4.43. The number of fused-ring (bicyclic) bond motifs is 3. The first-order valence-corrected chi connectivity index (χ1v) is 7.21. The molecule has 0 bridgehead atoms. The highest BCUT2D eigenvalue weighted by Crippen LogP contribution is 2.39. The van der Waals surface area contributed by atoms with Crippen LogP contribution in [0.1, 0.15) is 29.6 Å². The second-order valence-corrected chi connectivity index (χ2v) is 5.50. The number of nitrogens with one attached hydrogen (secondary N) is 1. The number of rotatable bonds is 4. The van der Waals surface area contributed by atoms with Crippen molar-refractivity contribution in [3.63, 3.8) is 0 Å². The van der Waals surface area contributed by atoms with Gasteiger partial charge in [-0.3, -0.25) is 0 Å².